The Hall–Kier alpha value is -0.610. The van der Waals surface area contributed by atoms with Crippen LogP contribution in [0.2, 0.25) is 0 Å². The van der Waals surface area contributed by atoms with Crippen LogP contribution >= 0.6 is 15.9 Å². The van der Waals surface area contributed by atoms with E-state index in [1.54, 1.807) is 0 Å². The number of hydrogen-bond acceptors (Lipinski definition) is 3. The van der Waals surface area contributed by atoms with Crippen molar-refractivity contribution in [3.8, 4) is 0 Å². The summed E-state index contributed by atoms with van der Waals surface area (Å²) in [4.78, 5) is 4.27. The fourth-order valence-corrected chi connectivity index (χ4v) is 1.58. The van der Waals surface area contributed by atoms with Crippen molar-refractivity contribution in [2.24, 2.45) is 0 Å². The number of halogens is 1. The first-order valence-corrected chi connectivity index (χ1v) is 5.55. The van der Waals surface area contributed by atoms with Crippen LogP contribution < -0.4 is 5.32 Å². The molecule has 78 valence electrons. The van der Waals surface area contributed by atoms with Crippen molar-refractivity contribution in [1.29, 1.82) is 0 Å². The number of aromatic nitrogens is 1. The molecule has 0 amide bonds. The first kappa shape index (κ1) is 11.5. The minimum Gasteiger partial charge on any atom is -0.396 e. The molecule has 1 heterocycles. The van der Waals surface area contributed by atoms with E-state index >= 15 is 0 Å². The van der Waals surface area contributed by atoms with Crippen LogP contribution in [-0.2, 0) is 0 Å². The number of pyridine rings is 1. The molecule has 1 rings (SSSR count). The molecule has 0 aliphatic heterocycles. The quantitative estimate of drug-likeness (QED) is 0.798. The second-order valence-corrected chi connectivity index (χ2v) is 3.92. The van der Waals surface area contributed by atoms with Gasteiger partial charge < -0.3 is 10.4 Å². The highest BCUT2D eigenvalue weighted by Gasteiger charge is 2.05. The Morgan fingerprint density at radius 2 is 2.36 bits per heavy atom. The van der Waals surface area contributed by atoms with Gasteiger partial charge in [-0.1, -0.05) is 13.0 Å². The molecular weight excluding hydrogens is 244 g/mol. The molecule has 0 saturated carbocycles. The number of nitrogens with one attached hydrogen (secondary N) is 1. The second-order valence-electron chi connectivity index (χ2n) is 3.11. The van der Waals surface area contributed by atoms with Crippen LogP contribution in [0.4, 0.5) is 5.82 Å². The summed E-state index contributed by atoms with van der Waals surface area (Å²) in [7, 11) is 0. The predicted molar refractivity (Wildman–Crippen MR) is 61.3 cm³/mol. The minimum atomic E-state index is 0.208. The lowest BCUT2D eigenvalue weighted by molar-refractivity contribution is 0.278. The molecule has 1 atom stereocenters. The molecule has 0 spiro atoms. The SMILES string of the molecule is CCC(CCO)Nc1cccc(Br)n1. The van der Waals surface area contributed by atoms with E-state index < -0.39 is 0 Å². The fourth-order valence-electron chi connectivity index (χ4n) is 1.23. The molecule has 1 aromatic heterocycles. The van der Waals surface area contributed by atoms with Crippen molar-refractivity contribution < 1.29 is 5.11 Å². The maximum absolute atomic E-state index is 8.83. The zero-order valence-electron chi connectivity index (χ0n) is 8.20. The third-order valence-corrected chi connectivity index (χ3v) is 2.48. The van der Waals surface area contributed by atoms with Gasteiger partial charge in [0, 0.05) is 12.6 Å². The molecule has 0 radical (unpaired) electrons. The zero-order valence-corrected chi connectivity index (χ0v) is 9.79. The van der Waals surface area contributed by atoms with E-state index in [0.29, 0.717) is 6.04 Å². The van der Waals surface area contributed by atoms with Crippen molar-refractivity contribution in [3.05, 3.63) is 22.8 Å². The van der Waals surface area contributed by atoms with Gasteiger partial charge in [0.2, 0.25) is 0 Å². The molecule has 3 nitrogen and oxygen atoms in total. The molecule has 0 aliphatic carbocycles. The van der Waals surface area contributed by atoms with Crippen molar-refractivity contribution >= 4 is 21.7 Å². The van der Waals surface area contributed by atoms with Gasteiger partial charge in [-0.05, 0) is 40.9 Å². The third kappa shape index (κ3) is 3.64. The zero-order chi connectivity index (χ0) is 10.4. The van der Waals surface area contributed by atoms with E-state index in [2.05, 4.69) is 33.2 Å². The average Bonchev–Trinajstić information content (AvgIpc) is 2.17. The van der Waals surface area contributed by atoms with Crippen LogP contribution in [0.3, 0.4) is 0 Å². The molecule has 0 aromatic carbocycles. The van der Waals surface area contributed by atoms with E-state index in [-0.39, 0.29) is 6.61 Å². The summed E-state index contributed by atoms with van der Waals surface area (Å²) < 4.78 is 0.821. The fraction of sp³-hybridized carbons (Fsp3) is 0.500. The molecule has 0 bridgehead atoms. The summed E-state index contributed by atoms with van der Waals surface area (Å²) >= 11 is 3.31. The Balaban J connectivity index is 2.57. The smallest absolute Gasteiger partial charge is 0.127 e. The number of anilines is 1. The van der Waals surface area contributed by atoms with Crippen LogP contribution in [0, 0.1) is 0 Å². The largest absolute Gasteiger partial charge is 0.396 e. The van der Waals surface area contributed by atoms with Gasteiger partial charge in [-0.25, -0.2) is 4.98 Å². The molecule has 0 saturated heterocycles. The Bertz CT molecular complexity index is 281. The standard InChI is InChI=1S/C10H15BrN2O/c1-2-8(6-7-14)12-10-5-3-4-9(11)13-10/h3-5,8,14H,2,6-7H2,1H3,(H,12,13). The van der Waals surface area contributed by atoms with Crippen molar-refractivity contribution in [3.63, 3.8) is 0 Å². The number of hydrogen-bond donors (Lipinski definition) is 2. The summed E-state index contributed by atoms with van der Waals surface area (Å²) in [6.45, 7) is 2.30. The highest BCUT2D eigenvalue weighted by atomic mass is 79.9. The summed E-state index contributed by atoms with van der Waals surface area (Å²) in [5.41, 5.74) is 0. The predicted octanol–water partition coefficient (Wildman–Crippen LogP) is 2.42. The first-order valence-electron chi connectivity index (χ1n) is 4.76. The lowest BCUT2D eigenvalue weighted by Gasteiger charge is -2.16. The second kappa shape index (κ2) is 5.98. The summed E-state index contributed by atoms with van der Waals surface area (Å²) in [6, 6.07) is 6.04. The van der Waals surface area contributed by atoms with E-state index in [1.165, 1.54) is 0 Å². The first-order chi connectivity index (χ1) is 6.76. The number of rotatable bonds is 5. The van der Waals surface area contributed by atoms with Gasteiger partial charge in [0.25, 0.3) is 0 Å². The molecule has 2 N–H and O–H groups in total. The highest BCUT2D eigenvalue weighted by molar-refractivity contribution is 9.10. The number of nitrogens with zero attached hydrogens (tertiary/aromatic N) is 1. The van der Waals surface area contributed by atoms with E-state index in [9.17, 15) is 0 Å². The van der Waals surface area contributed by atoms with Crippen molar-refractivity contribution in [2.45, 2.75) is 25.8 Å². The van der Waals surface area contributed by atoms with Gasteiger partial charge in [-0.15, -0.1) is 0 Å². The van der Waals surface area contributed by atoms with E-state index in [1.807, 2.05) is 18.2 Å². The molecule has 14 heavy (non-hydrogen) atoms. The molecule has 1 aromatic rings. The van der Waals surface area contributed by atoms with Crippen molar-refractivity contribution in [1.82, 2.24) is 4.98 Å². The van der Waals surface area contributed by atoms with Gasteiger partial charge in [0.1, 0.15) is 10.4 Å². The van der Waals surface area contributed by atoms with E-state index in [0.717, 1.165) is 23.3 Å². The van der Waals surface area contributed by atoms with Gasteiger partial charge in [-0.2, -0.15) is 0 Å². The molecule has 4 heteroatoms. The Morgan fingerprint density at radius 1 is 1.57 bits per heavy atom. The highest BCUT2D eigenvalue weighted by Crippen LogP contribution is 2.12. The monoisotopic (exact) mass is 258 g/mol. The lowest BCUT2D eigenvalue weighted by Crippen LogP contribution is -2.20. The van der Waals surface area contributed by atoms with Crippen LogP contribution in [0.1, 0.15) is 19.8 Å². The topological polar surface area (TPSA) is 45.1 Å². The molecule has 0 fully saturated rings. The molecule has 1 unspecified atom stereocenters. The van der Waals surface area contributed by atoms with Gasteiger partial charge in [0.15, 0.2) is 0 Å². The Labute approximate surface area is 92.7 Å². The third-order valence-electron chi connectivity index (χ3n) is 2.04. The van der Waals surface area contributed by atoms with Gasteiger partial charge in [-0.3, -0.25) is 0 Å². The summed E-state index contributed by atoms with van der Waals surface area (Å²) in [5.74, 6) is 0.847. The maximum atomic E-state index is 8.83. The number of aliphatic hydroxyl groups excluding tert-OH is 1. The maximum Gasteiger partial charge on any atom is 0.127 e. The Kier molecular flexibility index (Phi) is 4.90. The van der Waals surface area contributed by atoms with Crippen molar-refractivity contribution in [2.75, 3.05) is 11.9 Å². The van der Waals surface area contributed by atoms with Crippen LogP contribution in [0.5, 0.6) is 0 Å². The summed E-state index contributed by atoms with van der Waals surface area (Å²) in [5, 5.41) is 12.1. The summed E-state index contributed by atoms with van der Waals surface area (Å²) in [6.07, 6.45) is 1.74. The number of aliphatic hydroxyl groups is 1. The minimum absolute atomic E-state index is 0.208. The lowest BCUT2D eigenvalue weighted by atomic mass is 10.1. The molecular formula is C10H15BrN2O. The van der Waals surface area contributed by atoms with Crippen LogP contribution in [0.25, 0.3) is 0 Å². The van der Waals surface area contributed by atoms with Gasteiger partial charge >= 0.3 is 0 Å². The Morgan fingerprint density at radius 3 is 2.93 bits per heavy atom. The normalized spacial score (nSPS) is 12.5. The average molecular weight is 259 g/mol. The van der Waals surface area contributed by atoms with Gasteiger partial charge in [0.05, 0.1) is 0 Å². The molecule has 0 aliphatic rings. The van der Waals surface area contributed by atoms with Crippen LogP contribution in [-0.4, -0.2) is 22.7 Å². The van der Waals surface area contributed by atoms with Crippen LogP contribution in [0.15, 0.2) is 22.8 Å². The van der Waals surface area contributed by atoms with E-state index in [4.69, 9.17) is 5.11 Å².